The zero-order valence-corrected chi connectivity index (χ0v) is 12.7. The van der Waals surface area contributed by atoms with Crippen molar-refractivity contribution >= 4 is 11.6 Å². The Bertz CT molecular complexity index is 743. The molecule has 0 saturated carbocycles. The maximum atomic E-state index is 12.4. The van der Waals surface area contributed by atoms with Crippen LogP contribution in [0.4, 0.5) is 11.6 Å². The third-order valence-electron chi connectivity index (χ3n) is 4.85. The number of nitrogens with zero attached hydrogens (tertiary/aromatic N) is 4. The van der Waals surface area contributed by atoms with E-state index in [2.05, 4.69) is 19.8 Å². The van der Waals surface area contributed by atoms with Gasteiger partial charge in [-0.3, -0.25) is 9.59 Å². The van der Waals surface area contributed by atoms with Crippen molar-refractivity contribution in [3.63, 3.8) is 0 Å². The summed E-state index contributed by atoms with van der Waals surface area (Å²) in [6.45, 7) is 3.48. The first-order valence-corrected chi connectivity index (χ1v) is 8.26. The van der Waals surface area contributed by atoms with Crippen LogP contribution in [0.3, 0.4) is 0 Å². The van der Waals surface area contributed by atoms with E-state index in [1.54, 1.807) is 0 Å². The number of rotatable bonds is 2. The number of piperidine rings is 2. The molecule has 0 N–H and O–H groups in total. The molecule has 0 aromatic heterocycles. The molecule has 4 heterocycles. The molecule has 2 fully saturated rings. The summed E-state index contributed by atoms with van der Waals surface area (Å²) in [5.74, 6) is 1.14. The van der Waals surface area contributed by atoms with Gasteiger partial charge in [0.05, 0.1) is 0 Å². The van der Waals surface area contributed by atoms with Gasteiger partial charge in [-0.1, -0.05) is 0 Å². The van der Waals surface area contributed by atoms with Gasteiger partial charge in [0.2, 0.25) is 0 Å². The Morgan fingerprint density at radius 2 is 0.955 bits per heavy atom. The molecule has 6 nitrogen and oxygen atoms in total. The van der Waals surface area contributed by atoms with Crippen molar-refractivity contribution in [3.8, 4) is 0 Å². The SMILES string of the molecule is O=c1nc(N2CCCCC2)c2c(=O)nc(N3CCCCC3)c1=2. The lowest BCUT2D eigenvalue weighted by atomic mass is 10.1. The van der Waals surface area contributed by atoms with E-state index in [4.69, 9.17) is 0 Å². The summed E-state index contributed by atoms with van der Waals surface area (Å²) < 4.78 is 0. The van der Waals surface area contributed by atoms with Gasteiger partial charge in [0, 0.05) is 26.2 Å². The summed E-state index contributed by atoms with van der Waals surface area (Å²) in [7, 11) is 0. The van der Waals surface area contributed by atoms with Crippen molar-refractivity contribution in [1.29, 1.82) is 0 Å². The zero-order valence-electron chi connectivity index (χ0n) is 12.7. The second-order valence-electron chi connectivity index (χ2n) is 6.33. The minimum atomic E-state index is -0.286. The molecule has 0 aromatic carbocycles. The van der Waals surface area contributed by atoms with Crippen LogP contribution >= 0.6 is 0 Å². The van der Waals surface area contributed by atoms with Crippen molar-refractivity contribution in [2.24, 2.45) is 0 Å². The molecule has 4 aliphatic rings. The van der Waals surface area contributed by atoms with Crippen LogP contribution in [0, 0.1) is 10.4 Å². The summed E-state index contributed by atoms with van der Waals surface area (Å²) in [5.41, 5.74) is -0.573. The van der Waals surface area contributed by atoms with Gasteiger partial charge in [0.25, 0.3) is 11.1 Å². The first-order chi connectivity index (χ1) is 10.8. The van der Waals surface area contributed by atoms with E-state index >= 15 is 0 Å². The van der Waals surface area contributed by atoms with Gasteiger partial charge in [-0.2, -0.15) is 9.97 Å². The highest BCUT2D eigenvalue weighted by Gasteiger charge is 2.25. The van der Waals surface area contributed by atoms with Crippen LogP contribution in [0.5, 0.6) is 0 Å². The highest BCUT2D eigenvalue weighted by Crippen LogP contribution is 2.23. The molecule has 4 rings (SSSR count). The molecule has 0 spiro atoms. The molecule has 6 heteroatoms. The highest BCUT2D eigenvalue weighted by atomic mass is 16.1. The standard InChI is InChI=1S/C16H20N4O2/c21-15-11-12(14(18-15)20-9-5-2-6-10-20)16(22)17-13(11)19-7-3-1-4-8-19/h1-10H2. The first-order valence-electron chi connectivity index (χ1n) is 8.26. The van der Waals surface area contributed by atoms with E-state index in [1.807, 2.05) is 0 Å². The number of hydrogen-bond donors (Lipinski definition) is 0. The van der Waals surface area contributed by atoms with Gasteiger partial charge in [-0.25, -0.2) is 0 Å². The van der Waals surface area contributed by atoms with E-state index in [-0.39, 0.29) is 11.1 Å². The van der Waals surface area contributed by atoms with Crippen LogP contribution in [0.2, 0.25) is 0 Å². The lowest BCUT2D eigenvalue weighted by Crippen LogP contribution is -2.32. The topological polar surface area (TPSA) is 66.4 Å². The largest absolute Gasteiger partial charge is 0.356 e. The first kappa shape index (κ1) is 13.7. The summed E-state index contributed by atoms with van der Waals surface area (Å²) in [5, 5.41) is 0.903. The Morgan fingerprint density at radius 3 is 1.32 bits per heavy atom. The van der Waals surface area contributed by atoms with E-state index in [0.717, 1.165) is 51.9 Å². The second kappa shape index (κ2) is 5.34. The zero-order chi connectivity index (χ0) is 15.1. The molecule has 0 radical (unpaired) electrons. The Kier molecular flexibility index (Phi) is 3.32. The molecule has 4 aliphatic heterocycles. The van der Waals surface area contributed by atoms with Crippen LogP contribution in [-0.2, 0) is 0 Å². The van der Waals surface area contributed by atoms with Crippen molar-refractivity contribution in [3.05, 3.63) is 31.1 Å². The predicted octanol–water partition coefficient (Wildman–Crippen LogP) is 0.778. The van der Waals surface area contributed by atoms with E-state index in [0.29, 0.717) is 22.1 Å². The Balaban J connectivity index is 1.85. The third-order valence-corrected chi connectivity index (χ3v) is 4.85. The van der Waals surface area contributed by atoms with E-state index < -0.39 is 0 Å². The van der Waals surface area contributed by atoms with Crippen molar-refractivity contribution < 1.29 is 0 Å². The number of aromatic nitrogens is 2. The minimum absolute atomic E-state index is 0.286. The van der Waals surface area contributed by atoms with Crippen molar-refractivity contribution in [1.82, 2.24) is 9.97 Å². The number of anilines is 2. The fourth-order valence-electron chi connectivity index (χ4n) is 3.71. The average Bonchev–Trinajstić information content (AvgIpc) is 3.09. The van der Waals surface area contributed by atoms with Gasteiger partial charge in [-0.15, -0.1) is 0 Å². The molecule has 0 bridgehead atoms. The molecule has 0 unspecified atom stereocenters. The van der Waals surface area contributed by atoms with Gasteiger partial charge in [-0.05, 0) is 38.5 Å². The van der Waals surface area contributed by atoms with Crippen LogP contribution in [0.15, 0.2) is 9.59 Å². The smallest absolute Gasteiger partial charge is 0.283 e. The summed E-state index contributed by atoms with van der Waals surface area (Å²) in [4.78, 5) is 37.3. The van der Waals surface area contributed by atoms with Gasteiger partial charge < -0.3 is 9.80 Å². The van der Waals surface area contributed by atoms with Crippen molar-refractivity contribution in [2.45, 2.75) is 38.5 Å². The molecule has 0 amide bonds. The van der Waals surface area contributed by atoms with Crippen LogP contribution < -0.4 is 20.9 Å². The highest BCUT2D eigenvalue weighted by molar-refractivity contribution is 5.52. The molecule has 0 aromatic rings. The van der Waals surface area contributed by atoms with Crippen molar-refractivity contribution in [2.75, 3.05) is 36.0 Å². The van der Waals surface area contributed by atoms with Gasteiger partial charge in [0.1, 0.15) is 22.1 Å². The fraction of sp³-hybridized carbons (Fsp3) is 0.625. The van der Waals surface area contributed by atoms with Crippen LogP contribution in [-0.4, -0.2) is 36.1 Å². The fourth-order valence-corrected chi connectivity index (χ4v) is 3.71. The monoisotopic (exact) mass is 300 g/mol. The summed E-state index contributed by atoms with van der Waals surface area (Å²) in [6, 6.07) is 0. The predicted molar refractivity (Wildman–Crippen MR) is 84.4 cm³/mol. The molecule has 22 heavy (non-hydrogen) atoms. The Hall–Kier alpha value is -1.98. The third kappa shape index (κ3) is 2.09. The second-order valence-corrected chi connectivity index (χ2v) is 6.33. The maximum Gasteiger partial charge on any atom is 0.283 e. The van der Waals surface area contributed by atoms with Crippen LogP contribution in [0.1, 0.15) is 38.5 Å². The Labute approximate surface area is 128 Å². The van der Waals surface area contributed by atoms with Gasteiger partial charge in [0.15, 0.2) is 0 Å². The maximum absolute atomic E-state index is 12.4. The Morgan fingerprint density at radius 1 is 0.591 bits per heavy atom. The molecule has 0 atom stereocenters. The minimum Gasteiger partial charge on any atom is -0.356 e. The van der Waals surface area contributed by atoms with Gasteiger partial charge >= 0.3 is 0 Å². The van der Waals surface area contributed by atoms with E-state index in [1.165, 1.54) is 12.8 Å². The molecule has 2 saturated heterocycles. The number of hydrogen-bond acceptors (Lipinski definition) is 6. The summed E-state index contributed by atoms with van der Waals surface area (Å²) in [6.07, 6.45) is 6.75. The lowest BCUT2D eigenvalue weighted by molar-refractivity contribution is 0.572. The lowest BCUT2D eigenvalue weighted by Gasteiger charge is -2.26. The molecular formula is C16H20N4O2. The molecular weight excluding hydrogens is 280 g/mol. The van der Waals surface area contributed by atoms with E-state index in [9.17, 15) is 9.59 Å². The summed E-state index contributed by atoms with van der Waals surface area (Å²) >= 11 is 0. The quantitative estimate of drug-likeness (QED) is 0.816. The van der Waals surface area contributed by atoms with Crippen LogP contribution in [0.25, 0.3) is 0 Å². The average molecular weight is 300 g/mol. The molecule has 116 valence electrons. The molecule has 0 aliphatic carbocycles. The normalized spacial score (nSPS) is 20.0.